The predicted molar refractivity (Wildman–Crippen MR) is 114 cm³/mol. The summed E-state index contributed by atoms with van der Waals surface area (Å²) in [4.78, 5) is 28.9. The molecule has 0 spiro atoms. The average molecular weight is 476 g/mol. The Morgan fingerprint density at radius 2 is 1.91 bits per heavy atom. The highest BCUT2D eigenvalue weighted by Gasteiger charge is 2.28. The van der Waals surface area contributed by atoms with E-state index in [4.69, 9.17) is 5.26 Å². The van der Waals surface area contributed by atoms with Crippen molar-refractivity contribution in [3.63, 3.8) is 0 Å². The molecule has 178 valence electrons. The van der Waals surface area contributed by atoms with Crippen LogP contribution < -0.4 is 10.6 Å². The van der Waals surface area contributed by atoms with Crippen LogP contribution in [-0.2, 0) is 11.2 Å². The number of alkyl halides is 3. The fourth-order valence-electron chi connectivity index (χ4n) is 3.43. The smallest absolute Gasteiger partial charge is 0.343 e. The van der Waals surface area contributed by atoms with E-state index in [0.29, 0.717) is 22.6 Å². The Kier molecular flexibility index (Phi) is 6.85. The number of rotatable bonds is 6. The first kappa shape index (κ1) is 24.6. The van der Waals surface area contributed by atoms with Gasteiger partial charge < -0.3 is 10.6 Å². The van der Waals surface area contributed by atoms with Gasteiger partial charge in [0, 0.05) is 34.6 Å². The van der Waals surface area contributed by atoms with Gasteiger partial charge in [-0.2, -0.15) is 23.5 Å². The normalized spacial score (nSPS) is 11.4. The van der Waals surface area contributed by atoms with Gasteiger partial charge in [0.1, 0.15) is 24.0 Å². The molecule has 0 bridgehead atoms. The molecule has 8 nitrogen and oxygen atoms in total. The standard InChI is InChI=1S/C22H20F4N6O2/c1-11-17(23)6-14(21(34)28-10-22(24,25)26)7-18(11)31-19(33)5-4-16-12(2)30-20-15(8-27)9-29-32(20)13(16)3/h6-7,9H,4-5,10H2,1-3H3,(H,28,34)(H,31,33). The summed E-state index contributed by atoms with van der Waals surface area (Å²) >= 11 is 0. The fourth-order valence-corrected chi connectivity index (χ4v) is 3.43. The summed E-state index contributed by atoms with van der Waals surface area (Å²) < 4.78 is 52.8. The van der Waals surface area contributed by atoms with Gasteiger partial charge in [0.25, 0.3) is 5.91 Å². The Hall–Kier alpha value is -4.01. The van der Waals surface area contributed by atoms with Crippen LogP contribution in [0.3, 0.4) is 0 Å². The molecule has 2 heterocycles. The van der Waals surface area contributed by atoms with E-state index in [-0.39, 0.29) is 29.7 Å². The Bertz CT molecular complexity index is 1320. The maximum Gasteiger partial charge on any atom is 0.405 e. The molecule has 0 aliphatic rings. The summed E-state index contributed by atoms with van der Waals surface area (Å²) in [6.45, 7) is 3.34. The zero-order valence-electron chi connectivity index (χ0n) is 18.5. The number of anilines is 1. The molecule has 0 unspecified atom stereocenters. The van der Waals surface area contributed by atoms with Crippen LogP contribution in [0, 0.1) is 37.9 Å². The van der Waals surface area contributed by atoms with Crippen LogP contribution in [0.4, 0.5) is 23.2 Å². The van der Waals surface area contributed by atoms with Gasteiger partial charge in [-0.05, 0) is 44.9 Å². The van der Waals surface area contributed by atoms with Crippen molar-refractivity contribution < 1.29 is 27.2 Å². The van der Waals surface area contributed by atoms with Crippen molar-refractivity contribution in [1.82, 2.24) is 19.9 Å². The Labute approximate surface area is 191 Å². The zero-order valence-corrected chi connectivity index (χ0v) is 18.5. The maximum atomic E-state index is 14.3. The second-order valence-corrected chi connectivity index (χ2v) is 7.64. The first-order chi connectivity index (χ1) is 15.9. The van der Waals surface area contributed by atoms with Crippen molar-refractivity contribution in [2.75, 3.05) is 11.9 Å². The SMILES string of the molecule is Cc1nc2c(C#N)cnn2c(C)c1CCC(=O)Nc1cc(C(=O)NCC(F)(F)F)cc(F)c1C. The predicted octanol–water partition coefficient (Wildman–Crippen LogP) is 3.53. The molecule has 12 heteroatoms. The van der Waals surface area contributed by atoms with Crippen LogP contribution in [0.2, 0.25) is 0 Å². The average Bonchev–Trinajstić information content (AvgIpc) is 3.17. The third-order valence-electron chi connectivity index (χ3n) is 5.26. The molecule has 2 N–H and O–H groups in total. The molecule has 0 saturated heterocycles. The number of carbonyl (C=O) groups excluding carboxylic acids is 2. The molecule has 0 atom stereocenters. The Balaban J connectivity index is 1.75. The van der Waals surface area contributed by atoms with Crippen molar-refractivity contribution in [1.29, 1.82) is 5.26 Å². The lowest BCUT2D eigenvalue weighted by molar-refractivity contribution is -0.123. The number of aromatic nitrogens is 3. The highest BCUT2D eigenvalue weighted by molar-refractivity contribution is 5.98. The van der Waals surface area contributed by atoms with Crippen molar-refractivity contribution in [2.45, 2.75) is 39.8 Å². The largest absolute Gasteiger partial charge is 0.405 e. The number of benzene rings is 1. The number of nitriles is 1. The first-order valence-electron chi connectivity index (χ1n) is 10.1. The molecule has 2 amide bonds. The number of nitrogens with zero attached hydrogens (tertiary/aromatic N) is 4. The Morgan fingerprint density at radius 1 is 1.21 bits per heavy atom. The molecule has 3 aromatic rings. The van der Waals surface area contributed by atoms with E-state index in [1.165, 1.54) is 17.6 Å². The van der Waals surface area contributed by atoms with E-state index in [9.17, 15) is 27.2 Å². The molecule has 0 aliphatic carbocycles. The number of amides is 2. The second-order valence-electron chi connectivity index (χ2n) is 7.64. The minimum atomic E-state index is -4.61. The Morgan fingerprint density at radius 3 is 2.56 bits per heavy atom. The van der Waals surface area contributed by atoms with Gasteiger partial charge in [0.15, 0.2) is 5.65 Å². The highest BCUT2D eigenvalue weighted by Crippen LogP contribution is 2.23. The summed E-state index contributed by atoms with van der Waals surface area (Å²) in [5.41, 5.74) is 2.49. The van der Waals surface area contributed by atoms with Crippen LogP contribution in [0.15, 0.2) is 18.3 Å². The molecule has 0 fully saturated rings. The minimum absolute atomic E-state index is 0.0186. The van der Waals surface area contributed by atoms with E-state index >= 15 is 0 Å². The molecule has 1 aromatic carbocycles. The molecular weight excluding hydrogens is 456 g/mol. The summed E-state index contributed by atoms with van der Waals surface area (Å²) in [5, 5.41) is 17.5. The van der Waals surface area contributed by atoms with Gasteiger partial charge in [-0.1, -0.05) is 0 Å². The molecule has 0 saturated carbocycles. The summed E-state index contributed by atoms with van der Waals surface area (Å²) in [5.74, 6) is -2.45. The third-order valence-corrected chi connectivity index (χ3v) is 5.26. The van der Waals surface area contributed by atoms with Crippen molar-refractivity contribution in [2.24, 2.45) is 0 Å². The van der Waals surface area contributed by atoms with Crippen LogP contribution in [0.1, 0.15) is 44.9 Å². The van der Waals surface area contributed by atoms with E-state index in [1.807, 2.05) is 6.07 Å². The summed E-state index contributed by atoms with van der Waals surface area (Å²) in [7, 11) is 0. The van der Waals surface area contributed by atoms with E-state index in [2.05, 4.69) is 15.4 Å². The van der Waals surface area contributed by atoms with Gasteiger partial charge in [0.2, 0.25) is 5.91 Å². The van der Waals surface area contributed by atoms with Gasteiger partial charge in [-0.3, -0.25) is 9.59 Å². The van der Waals surface area contributed by atoms with Crippen molar-refractivity contribution in [3.05, 3.63) is 57.8 Å². The lowest BCUT2D eigenvalue weighted by atomic mass is 10.1. The summed E-state index contributed by atoms with van der Waals surface area (Å²) in [6, 6.07) is 3.95. The zero-order chi connectivity index (χ0) is 25.2. The highest BCUT2D eigenvalue weighted by atomic mass is 19.4. The van der Waals surface area contributed by atoms with Crippen molar-refractivity contribution in [3.8, 4) is 6.07 Å². The van der Waals surface area contributed by atoms with Crippen molar-refractivity contribution >= 4 is 23.1 Å². The molecule has 2 aromatic heterocycles. The lowest BCUT2D eigenvalue weighted by Gasteiger charge is -2.14. The fraction of sp³-hybridized carbons (Fsp3) is 0.318. The molecule has 3 rings (SSSR count). The minimum Gasteiger partial charge on any atom is -0.343 e. The number of fused-ring (bicyclic) bond motifs is 1. The molecular formula is C22H20F4N6O2. The number of nitrogens with one attached hydrogen (secondary N) is 2. The van der Waals surface area contributed by atoms with E-state index in [0.717, 1.165) is 17.7 Å². The number of halogens is 4. The van der Waals surface area contributed by atoms with Gasteiger partial charge in [-0.25, -0.2) is 13.9 Å². The summed E-state index contributed by atoms with van der Waals surface area (Å²) in [6.07, 6.45) is -2.97. The molecule has 0 radical (unpaired) electrons. The number of aryl methyl sites for hydroxylation is 2. The van der Waals surface area contributed by atoms with Crippen LogP contribution in [0.5, 0.6) is 0 Å². The quantitative estimate of drug-likeness (QED) is 0.529. The maximum absolute atomic E-state index is 14.3. The number of hydrogen-bond donors (Lipinski definition) is 2. The van der Waals surface area contributed by atoms with Crippen LogP contribution in [-0.4, -0.2) is 39.1 Å². The topological polar surface area (TPSA) is 112 Å². The molecule has 0 aliphatic heterocycles. The first-order valence-corrected chi connectivity index (χ1v) is 10.1. The van der Waals surface area contributed by atoms with Gasteiger partial charge in [0.05, 0.1) is 6.20 Å². The monoisotopic (exact) mass is 476 g/mol. The molecule has 34 heavy (non-hydrogen) atoms. The lowest BCUT2D eigenvalue weighted by Crippen LogP contribution is -2.33. The van der Waals surface area contributed by atoms with E-state index in [1.54, 1.807) is 19.2 Å². The number of hydrogen-bond acceptors (Lipinski definition) is 5. The van der Waals surface area contributed by atoms with E-state index < -0.39 is 30.4 Å². The van der Waals surface area contributed by atoms with Gasteiger partial charge >= 0.3 is 6.18 Å². The number of carbonyl (C=O) groups is 2. The second kappa shape index (κ2) is 9.46. The van der Waals surface area contributed by atoms with Crippen LogP contribution in [0.25, 0.3) is 5.65 Å². The van der Waals surface area contributed by atoms with Gasteiger partial charge in [-0.15, -0.1) is 0 Å². The van der Waals surface area contributed by atoms with Crippen LogP contribution >= 0.6 is 0 Å². The third kappa shape index (κ3) is 5.31.